The number of ether oxygens (including phenoxy) is 1. The maximum atomic E-state index is 10.4. The fraction of sp³-hybridized carbons (Fsp3) is 0.0455. The smallest absolute Gasteiger partial charge is 0.142 e. The zero-order valence-corrected chi connectivity index (χ0v) is 13.3. The lowest BCUT2D eigenvalue weighted by atomic mass is 10.0. The van der Waals surface area contributed by atoms with E-state index < -0.39 is 0 Å². The van der Waals surface area contributed by atoms with Gasteiger partial charge in [-0.3, -0.25) is 4.79 Å². The average molecular weight is 314 g/mol. The zero-order chi connectivity index (χ0) is 16.6. The number of carbonyl (C=O) groups is 1. The predicted octanol–water partition coefficient (Wildman–Crippen LogP) is 5.14. The van der Waals surface area contributed by atoms with Gasteiger partial charge in [0.25, 0.3) is 0 Å². The Bertz CT molecular complexity index is 818. The second kappa shape index (κ2) is 7.93. The molecule has 118 valence electrons. The van der Waals surface area contributed by atoms with Crippen LogP contribution in [-0.4, -0.2) is 6.29 Å². The first-order chi connectivity index (χ1) is 11.8. The number of aldehydes is 1. The Morgan fingerprint density at radius 3 is 2.33 bits per heavy atom. The molecule has 0 aliphatic heterocycles. The van der Waals surface area contributed by atoms with E-state index >= 15 is 0 Å². The summed E-state index contributed by atoms with van der Waals surface area (Å²) in [6.07, 6.45) is 4.08. The molecule has 0 bridgehead atoms. The largest absolute Gasteiger partial charge is 0.489 e. The van der Waals surface area contributed by atoms with Gasteiger partial charge in [0.05, 0.1) is 0 Å². The minimum atomic E-state index is 0.562. The van der Waals surface area contributed by atoms with Gasteiger partial charge in [-0.15, -0.1) is 0 Å². The fourth-order valence-electron chi connectivity index (χ4n) is 2.46. The molecule has 0 spiro atoms. The van der Waals surface area contributed by atoms with Crippen LogP contribution in [0.25, 0.3) is 17.2 Å². The maximum absolute atomic E-state index is 10.4. The summed E-state index contributed by atoms with van der Waals surface area (Å²) in [6.45, 7) is 0.562. The lowest BCUT2D eigenvalue weighted by Gasteiger charge is -2.08. The Morgan fingerprint density at radius 2 is 1.58 bits per heavy atom. The van der Waals surface area contributed by atoms with Gasteiger partial charge in [-0.25, -0.2) is 0 Å². The molecule has 3 rings (SSSR count). The molecule has 0 heterocycles. The highest BCUT2D eigenvalue weighted by atomic mass is 16.5. The van der Waals surface area contributed by atoms with Gasteiger partial charge in [0.1, 0.15) is 18.6 Å². The molecule has 0 aliphatic rings. The molecule has 0 N–H and O–H groups in total. The number of hydrogen-bond donors (Lipinski definition) is 0. The monoisotopic (exact) mass is 314 g/mol. The summed E-state index contributed by atoms with van der Waals surface area (Å²) in [4.78, 5) is 10.4. The van der Waals surface area contributed by atoms with Crippen molar-refractivity contribution in [2.24, 2.45) is 0 Å². The Labute approximate surface area is 142 Å². The topological polar surface area (TPSA) is 26.3 Å². The Balaban J connectivity index is 1.70. The Kier molecular flexibility index (Phi) is 5.21. The van der Waals surface area contributed by atoms with Crippen LogP contribution in [0.4, 0.5) is 0 Å². The van der Waals surface area contributed by atoms with E-state index in [4.69, 9.17) is 4.74 Å². The van der Waals surface area contributed by atoms with Crippen LogP contribution in [0.3, 0.4) is 0 Å². The first-order valence-electron chi connectivity index (χ1n) is 7.84. The molecule has 0 aromatic heterocycles. The molecule has 3 aromatic rings. The Morgan fingerprint density at radius 1 is 0.792 bits per heavy atom. The summed E-state index contributed by atoms with van der Waals surface area (Å²) < 4.78 is 5.81. The molecular weight excluding hydrogens is 296 g/mol. The van der Waals surface area contributed by atoms with Gasteiger partial charge in [0, 0.05) is 0 Å². The van der Waals surface area contributed by atoms with Crippen molar-refractivity contribution in [3.05, 3.63) is 96.1 Å². The maximum Gasteiger partial charge on any atom is 0.142 e. The van der Waals surface area contributed by atoms with E-state index in [1.54, 1.807) is 6.08 Å². The lowest BCUT2D eigenvalue weighted by molar-refractivity contribution is -0.104. The van der Waals surface area contributed by atoms with Crippen LogP contribution in [0, 0.1) is 0 Å². The van der Waals surface area contributed by atoms with Crippen molar-refractivity contribution in [3.8, 4) is 16.9 Å². The van der Waals surface area contributed by atoms with E-state index in [1.165, 1.54) is 6.08 Å². The molecule has 0 radical (unpaired) electrons. The summed E-state index contributed by atoms with van der Waals surface area (Å²) in [5, 5.41) is 0. The normalized spacial score (nSPS) is 10.7. The van der Waals surface area contributed by atoms with Crippen LogP contribution in [0.15, 0.2) is 84.9 Å². The molecule has 0 saturated carbocycles. The second-order valence-corrected chi connectivity index (χ2v) is 5.42. The van der Waals surface area contributed by atoms with Crippen LogP contribution >= 0.6 is 0 Å². The molecule has 0 amide bonds. The summed E-state index contributed by atoms with van der Waals surface area (Å²) >= 11 is 0. The highest BCUT2D eigenvalue weighted by molar-refractivity contribution is 5.75. The van der Waals surface area contributed by atoms with Crippen molar-refractivity contribution in [3.63, 3.8) is 0 Å². The minimum absolute atomic E-state index is 0.562. The van der Waals surface area contributed by atoms with E-state index in [9.17, 15) is 4.79 Å². The lowest BCUT2D eigenvalue weighted by Crippen LogP contribution is -1.94. The third kappa shape index (κ3) is 4.20. The molecule has 24 heavy (non-hydrogen) atoms. The summed E-state index contributed by atoms with van der Waals surface area (Å²) in [6, 6.07) is 26.2. The Hall–Kier alpha value is -3.13. The van der Waals surface area contributed by atoms with Crippen LogP contribution in [0.2, 0.25) is 0 Å². The quantitative estimate of drug-likeness (QED) is 0.465. The highest BCUT2D eigenvalue weighted by Gasteiger charge is 2.00. The van der Waals surface area contributed by atoms with Gasteiger partial charge in [0.15, 0.2) is 0 Å². The van der Waals surface area contributed by atoms with Crippen LogP contribution in [0.5, 0.6) is 5.75 Å². The number of rotatable bonds is 6. The van der Waals surface area contributed by atoms with E-state index in [0.717, 1.165) is 34.3 Å². The van der Waals surface area contributed by atoms with Gasteiger partial charge in [-0.1, -0.05) is 66.7 Å². The highest BCUT2D eigenvalue weighted by Crippen LogP contribution is 2.24. The van der Waals surface area contributed by atoms with E-state index in [0.29, 0.717) is 6.61 Å². The molecule has 2 nitrogen and oxygen atoms in total. The van der Waals surface area contributed by atoms with Crippen molar-refractivity contribution in [2.45, 2.75) is 6.61 Å². The molecular formula is C22H18O2. The van der Waals surface area contributed by atoms with Crippen molar-refractivity contribution in [1.82, 2.24) is 0 Å². The van der Waals surface area contributed by atoms with Gasteiger partial charge in [-0.05, 0) is 46.5 Å². The molecule has 0 unspecified atom stereocenters. The average Bonchev–Trinajstić information content (AvgIpc) is 2.66. The summed E-state index contributed by atoms with van der Waals surface area (Å²) in [7, 11) is 0. The predicted molar refractivity (Wildman–Crippen MR) is 97.8 cm³/mol. The summed E-state index contributed by atoms with van der Waals surface area (Å²) in [5.41, 5.74) is 4.38. The fourth-order valence-corrected chi connectivity index (χ4v) is 2.46. The van der Waals surface area contributed by atoms with Crippen molar-refractivity contribution < 1.29 is 9.53 Å². The van der Waals surface area contributed by atoms with Crippen LogP contribution in [-0.2, 0) is 11.4 Å². The van der Waals surface area contributed by atoms with Crippen molar-refractivity contribution in [2.75, 3.05) is 0 Å². The van der Waals surface area contributed by atoms with Crippen LogP contribution < -0.4 is 4.74 Å². The van der Waals surface area contributed by atoms with Gasteiger partial charge in [-0.2, -0.15) is 0 Å². The van der Waals surface area contributed by atoms with Crippen molar-refractivity contribution in [1.29, 1.82) is 0 Å². The number of hydrogen-bond acceptors (Lipinski definition) is 2. The standard InChI is InChI=1S/C22H18O2/c23-15-5-9-18-8-4-10-21(16-18)20-11-13-22(14-12-20)24-17-19-6-2-1-3-7-19/h1-16H,17H2. The molecule has 3 aromatic carbocycles. The van der Waals surface area contributed by atoms with Gasteiger partial charge >= 0.3 is 0 Å². The van der Waals surface area contributed by atoms with Gasteiger partial charge in [0.2, 0.25) is 0 Å². The third-order valence-electron chi connectivity index (χ3n) is 3.69. The summed E-state index contributed by atoms with van der Waals surface area (Å²) in [5.74, 6) is 0.847. The van der Waals surface area contributed by atoms with Crippen LogP contribution in [0.1, 0.15) is 11.1 Å². The zero-order valence-electron chi connectivity index (χ0n) is 13.3. The second-order valence-electron chi connectivity index (χ2n) is 5.42. The molecule has 0 fully saturated rings. The first kappa shape index (κ1) is 15.8. The third-order valence-corrected chi connectivity index (χ3v) is 3.69. The van der Waals surface area contributed by atoms with E-state index in [-0.39, 0.29) is 0 Å². The molecule has 0 atom stereocenters. The SMILES string of the molecule is O=CC=Cc1cccc(-c2ccc(OCc3ccccc3)cc2)c1. The van der Waals surface area contributed by atoms with Gasteiger partial charge < -0.3 is 4.74 Å². The minimum Gasteiger partial charge on any atom is -0.489 e. The molecule has 0 saturated heterocycles. The van der Waals surface area contributed by atoms with E-state index in [1.807, 2.05) is 66.7 Å². The number of allylic oxidation sites excluding steroid dienone is 1. The molecule has 2 heteroatoms. The number of benzene rings is 3. The number of carbonyl (C=O) groups excluding carboxylic acids is 1. The first-order valence-corrected chi connectivity index (χ1v) is 7.84. The van der Waals surface area contributed by atoms with E-state index in [2.05, 4.69) is 12.1 Å². The molecule has 0 aliphatic carbocycles. The van der Waals surface area contributed by atoms with Crippen molar-refractivity contribution >= 4 is 12.4 Å².